The molecule has 0 atom stereocenters. The quantitative estimate of drug-likeness (QED) is 0.779. The van der Waals surface area contributed by atoms with Crippen LogP contribution in [0.3, 0.4) is 0 Å². The Bertz CT molecular complexity index is 582. The summed E-state index contributed by atoms with van der Waals surface area (Å²) < 4.78 is 18.4. The fourth-order valence-electron chi connectivity index (χ4n) is 1.50. The summed E-state index contributed by atoms with van der Waals surface area (Å²) in [6.45, 7) is 1.79. The maximum Gasteiger partial charge on any atom is 0.233 e. The Kier molecular flexibility index (Phi) is 3.32. The van der Waals surface area contributed by atoms with Crippen LogP contribution in [-0.4, -0.2) is 23.1 Å². The molecule has 0 aliphatic rings. The Balaban J connectivity index is 2.38. The van der Waals surface area contributed by atoms with Gasteiger partial charge in [-0.1, -0.05) is 11.6 Å². The highest BCUT2D eigenvalue weighted by atomic mass is 19.1. The van der Waals surface area contributed by atoms with Crippen LogP contribution in [0.5, 0.6) is 5.88 Å². The van der Waals surface area contributed by atoms with Crippen LogP contribution in [0.25, 0.3) is 0 Å². The Hall–Kier alpha value is -2.30. The van der Waals surface area contributed by atoms with E-state index in [2.05, 4.69) is 10.2 Å². The number of carbonyl (C=O) groups is 1. The van der Waals surface area contributed by atoms with Crippen LogP contribution in [0.4, 0.5) is 4.39 Å². The van der Waals surface area contributed by atoms with Gasteiger partial charge >= 0.3 is 0 Å². The maximum absolute atomic E-state index is 13.6. The zero-order valence-corrected chi connectivity index (χ0v) is 9.98. The third-order valence-corrected chi connectivity index (χ3v) is 2.45. The number of ketones is 1. The fraction of sp³-hybridized carbons (Fsp3) is 0.154. The van der Waals surface area contributed by atoms with E-state index in [-0.39, 0.29) is 11.3 Å². The first kappa shape index (κ1) is 12.2. The number of benzene rings is 1. The maximum atomic E-state index is 13.6. The van der Waals surface area contributed by atoms with Crippen LogP contribution in [0, 0.1) is 12.7 Å². The SMILES string of the molecule is COc1ccc(C(=O)c2cc(C)ccc2F)nn1. The first-order chi connectivity index (χ1) is 8.61. The summed E-state index contributed by atoms with van der Waals surface area (Å²) >= 11 is 0. The van der Waals surface area contributed by atoms with Crippen LogP contribution < -0.4 is 4.74 Å². The lowest BCUT2D eigenvalue weighted by atomic mass is 10.0. The molecule has 2 aromatic rings. The van der Waals surface area contributed by atoms with Gasteiger partial charge < -0.3 is 4.74 Å². The lowest BCUT2D eigenvalue weighted by molar-refractivity contribution is 0.102. The van der Waals surface area contributed by atoms with Crippen molar-refractivity contribution in [3.63, 3.8) is 0 Å². The van der Waals surface area contributed by atoms with Gasteiger partial charge in [0.2, 0.25) is 11.7 Å². The zero-order chi connectivity index (χ0) is 13.1. The van der Waals surface area contributed by atoms with Gasteiger partial charge in [-0.25, -0.2) is 4.39 Å². The summed E-state index contributed by atoms with van der Waals surface area (Å²) in [7, 11) is 1.45. The number of aromatic nitrogens is 2. The van der Waals surface area contributed by atoms with E-state index in [9.17, 15) is 9.18 Å². The molecule has 2 rings (SSSR count). The number of nitrogens with zero attached hydrogens (tertiary/aromatic N) is 2. The highest BCUT2D eigenvalue weighted by molar-refractivity contribution is 6.07. The molecule has 0 radical (unpaired) electrons. The standard InChI is InChI=1S/C13H11FN2O2/c1-8-3-4-10(14)9(7-8)13(17)11-5-6-12(18-2)16-15-11/h3-7H,1-2H3. The van der Waals surface area contributed by atoms with E-state index in [4.69, 9.17) is 4.74 Å². The van der Waals surface area contributed by atoms with Crippen molar-refractivity contribution in [1.29, 1.82) is 0 Å². The monoisotopic (exact) mass is 246 g/mol. The normalized spacial score (nSPS) is 10.2. The van der Waals surface area contributed by atoms with Crippen molar-refractivity contribution in [3.05, 3.63) is 53.0 Å². The Morgan fingerprint density at radius 2 is 2.00 bits per heavy atom. The van der Waals surface area contributed by atoms with Crippen LogP contribution in [-0.2, 0) is 0 Å². The summed E-state index contributed by atoms with van der Waals surface area (Å²) in [5.74, 6) is -0.758. The number of methoxy groups -OCH3 is 1. The molecule has 0 unspecified atom stereocenters. The van der Waals surface area contributed by atoms with Gasteiger partial charge in [0.25, 0.3) is 0 Å². The molecule has 1 heterocycles. The summed E-state index contributed by atoms with van der Waals surface area (Å²) in [6, 6.07) is 7.32. The molecule has 5 heteroatoms. The van der Waals surface area contributed by atoms with Crippen molar-refractivity contribution in [2.45, 2.75) is 6.92 Å². The number of halogens is 1. The number of aryl methyl sites for hydroxylation is 1. The van der Waals surface area contributed by atoms with Gasteiger partial charge in [0.1, 0.15) is 11.5 Å². The molecular weight excluding hydrogens is 235 g/mol. The number of rotatable bonds is 3. The minimum Gasteiger partial charge on any atom is -0.480 e. The second kappa shape index (κ2) is 4.91. The molecule has 1 aromatic heterocycles. The fourth-order valence-corrected chi connectivity index (χ4v) is 1.50. The smallest absolute Gasteiger partial charge is 0.233 e. The van der Waals surface area contributed by atoms with Gasteiger partial charge in [-0.05, 0) is 25.1 Å². The summed E-state index contributed by atoms with van der Waals surface area (Å²) in [5, 5.41) is 7.39. The molecule has 0 amide bonds. The number of hydrogen-bond donors (Lipinski definition) is 0. The molecule has 0 saturated heterocycles. The first-order valence-electron chi connectivity index (χ1n) is 5.30. The third-order valence-electron chi connectivity index (χ3n) is 2.45. The lowest BCUT2D eigenvalue weighted by Gasteiger charge is -2.03. The van der Waals surface area contributed by atoms with E-state index < -0.39 is 11.6 Å². The van der Waals surface area contributed by atoms with E-state index in [1.165, 1.54) is 31.4 Å². The molecule has 1 aromatic carbocycles. The Morgan fingerprint density at radius 1 is 1.22 bits per heavy atom. The Morgan fingerprint density at radius 3 is 2.61 bits per heavy atom. The summed E-state index contributed by atoms with van der Waals surface area (Å²) in [5.41, 5.74) is 0.885. The second-order valence-electron chi connectivity index (χ2n) is 3.77. The van der Waals surface area contributed by atoms with Gasteiger partial charge in [0, 0.05) is 6.07 Å². The van der Waals surface area contributed by atoms with Crippen molar-refractivity contribution in [1.82, 2.24) is 10.2 Å². The first-order valence-corrected chi connectivity index (χ1v) is 5.30. The van der Waals surface area contributed by atoms with Crippen molar-refractivity contribution < 1.29 is 13.9 Å². The molecule has 0 bridgehead atoms. The predicted octanol–water partition coefficient (Wildman–Crippen LogP) is 2.16. The second-order valence-corrected chi connectivity index (χ2v) is 3.77. The van der Waals surface area contributed by atoms with Crippen LogP contribution in [0.2, 0.25) is 0 Å². The highest BCUT2D eigenvalue weighted by Crippen LogP contribution is 2.14. The highest BCUT2D eigenvalue weighted by Gasteiger charge is 2.16. The van der Waals surface area contributed by atoms with Crippen LogP contribution in [0.1, 0.15) is 21.6 Å². The van der Waals surface area contributed by atoms with Gasteiger partial charge in [-0.3, -0.25) is 4.79 Å². The van der Waals surface area contributed by atoms with E-state index in [1.54, 1.807) is 13.0 Å². The summed E-state index contributed by atoms with van der Waals surface area (Å²) in [4.78, 5) is 12.0. The van der Waals surface area contributed by atoms with Gasteiger partial charge in [0.05, 0.1) is 12.7 Å². The molecule has 0 N–H and O–H groups in total. The van der Waals surface area contributed by atoms with Crippen molar-refractivity contribution in [3.8, 4) is 5.88 Å². The molecule has 0 fully saturated rings. The van der Waals surface area contributed by atoms with Crippen molar-refractivity contribution in [2.24, 2.45) is 0 Å². The minimum absolute atomic E-state index is 0.00512. The van der Waals surface area contributed by atoms with E-state index in [0.29, 0.717) is 5.88 Å². The van der Waals surface area contributed by atoms with E-state index >= 15 is 0 Å². The molecule has 4 nitrogen and oxygen atoms in total. The predicted molar refractivity (Wildman–Crippen MR) is 63.2 cm³/mol. The Labute approximate surface area is 103 Å². The topological polar surface area (TPSA) is 52.1 Å². The number of ether oxygens (including phenoxy) is 1. The number of carbonyl (C=O) groups excluding carboxylic acids is 1. The summed E-state index contributed by atoms with van der Waals surface area (Å²) in [6.07, 6.45) is 0. The van der Waals surface area contributed by atoms with Gasteiger partial charge in [0.15, 0.2) is 0 Å². The zero-order valence-electron chi connectivity index (χ0n) is 9.98. The van der Waals surface area contributed by atoms with Gasteiger partial charge in [-0.15, -0.1) is 10.2 Å². The minimum atomic E-state index is -0.566. The van der Waals surface area contributed by atoms with Crippen molar-refractivity contribution >= 4 is 5.78 Å². The van der Waals surface area contributed by atoms with E-state index in [1.807, 2.05) is 0 Å². The largest absolute Gasteiger partial charge is 0.480 e. The molecule has 0 spiro atoms. The van der Waals surface area contributed by atoms with Crippen LogP contribution >= 0.6 is 0 Å². The average Bonchev–Trinajstić information content (AvgIpc) is 2.41. The van der Waals surface area contributed by atoms with Crippen molar-refractivity contribution in [2.75, 3.05) is 7.11 Å². The van der Waals surface area contributed by atoms with Crippen LogP contribution in [0.15, 0.2) is 30.3 Å². The molecule has 0 aliphatic heterocycles. The van der Waals surface area contributed by atoms with Gasteiger partial charge in [-0.2, -0.15) is 0 Å². The average molecular weight is 246 g/mol. The molecule has 0 aliphatic carbocycles. The molecule has 18 heavy (non-hydrogen) atoms. The lowest BCUT2D eigenvalue weighted by Crippen LogP contribution is -2.08. The molecular formula is C13H11FN2O2. The molecule has 92 valence electrons. The van der Waals surface area contributed by atoms with E-state index in [0.717, 1.165) is 5.56 Å². The third kappa shape index (κ3) is 2.34. The number of hydrogen-bond acceptors (Lipinski definition) is 4. The molecule has 0 saturated carbocycles.